The zero-order valence-electron chi connectivity index (χ0n) is 13.9. The Morgan fingerprint density at radius 2 is 1.46 bits per heavy atom. The van der Waals surface area contributed by atoms with Gasteiger partial charge < -0.3 is 5.73 Å². The first-order chi connectivity index (χ1) is 11.7. The molecule has 24 heavy (non-hydrogen) atoms. The van der Waals surface area contributed by atoms with Gasteiger partial charge in [0.2, 0.25) is 0 Å². The second kappa shape index (κ2) is 5.81. The van der Waals surface area contributed by atoms with Crippen LogP contribution in [0.4, 0.5) is 5.69 Å². The van der Waals surface area contributed by atoms with Crippen molar-refractivity contribution >= 4 is 5.69 Å². The molecular weight excluding hydrogens is 292 g/mol. The van der Waals surface area contributed by atoms with Gasteiger partial charge in [-0.25, -0.2) is 0 Å². The van der Waals surface area contributed by atoms with E-state index in [1.54, 1.807) is 0 Å². The van der Waals surface area contributed by atoms with Crippen LogP contribution in [0.1, 0.15) is 27.8 Å². The van der Waals surface area contributed by atoms with Gasteiger partial charge in [-0.1, -0.05) is 66.2 Å². The number of rotatable bonds is 2. The summed E-state index contributed by atoms with van der Waals surface area (Å²) in [6, 6.07) is 25.9. The van der Waals surface area contributed by atoms with E-state index in [4.69, 9.17) is 5.73 Å². The molecule has 0 aliphatic carbocycles. The molecule has 4 rings (SSSR count). The predicted octanol–water partition coefficient (Wildman–Crippen LogP) is 4.01. The Labute approximate surface area is 143 Å². The lowest BCUT2D eigenvalue weighted by atomic mass is 9.72. The van der Waals surface area contributed by atoms with Crippen LogP contribution < -0.4 is 11.1 Å². The molecule has 0 amide bonds. The minimum atomic E-state index is -0.323. The van der Waals surface area contributed by atoms with Crippen molar-refractivity contribution in [3.63, 3.8) is 0 Å². The highest BCUT2D eigenvalue weighted by Crippen LogP contribution is 2.40. The smallest absolute Gasteiger partial charge is 0.0950 e. The Balaban J connectivity index is 2.01. The molecule has 0 fully saturated rings. The fraction of sp³-hybridized carbons (Fsp3) is 0.182. The average Bonchev–Trinajstić information content (AvgIpc) is 2.62. The third kappa shape index (κ3) is 2.31. The number of aryl methyl sites for hydroxylation is 1. The van der Waals surface area contributed by atoms with Crippen LogP contribution in [-0.4, -0.2) is 6.54 Å². The Morgan fingerprint density at radius 1 is 0.833 bits per heavy atom. The molecule has 1 unspecified atom stereocenters. The maximum atomic E-state index is 5.93. The first-order valence-corrected chi connectivity index (χ1v) is 8.47. The van der Waals surface area contributed by atoms with Gasteiger partial charge in [0.15, 0.2) is 0 Å². The maximum Gasteiger partial charge on any atom is 0.0950 e. The van der Waals surface area contributed by atoms with Gasteiger partial charge in [-0.2, -0.15) is 0 Å². The summed E-state index contributed by atoms with van der Waals surface area (Å²) in [5.74, 6) is 0. The number of hydrogen-bond donors (Lipinski definition) is 2. The van der Waals surface area contributed by atoms with E-state index in [9.17, 15) is 0 Å². The number of hydrogen-bond acceptors (Lipinski definition) is 2. The lowest BCUT2D eigenvalue weighted by molar-refractivity contribution is 0.447. The summed E-state index contributed by atoms with van der Waals surface area (Å²) in [4.78, 5) is 0. The normalized spacial score (nSPS) is 19.7. The van der Waals surface area contributed by atoms with Gasteiger partial charge in [0, 0.05) is 12.2 Å². The van der Waals surface area contributed by atoms with Crippen molar-refractivity contribution in [2.75, 3.05) is 12.3 Å². The molecule has 1 atom stereocenters. The third-order valence-electron chi connectivity index (χ3n) is 5.03. The van der Waals surface area contributed by atoms with E-state index in [-0.39, 0.29) is 5.54 Å². The van der Waals surface area contributed by atoms with E-state index in [1.165, 1.54) is 27.8 Å². The average molecular weight is 314 g/mol. The zero-order valence-corrected chi connectivity index (χ0v) is 13.9. The van der Waals surface area contributed by atoms with E-state index >= 15 is 0 Å². The number of nitrogen functional groups attached to an aromatic ring is 1. The molecule has 0 saturated heterocycles. The fourth-order valence-corrected chi connectivity index (χ4v) is 3.80. The second-order valence-electron chi connectivity index (χ2n) is 6.57. The van der Waals surface area contributed by atoms with Crippen LogP contribution in [0.2, 0.25) is 0 Å². The van der Waals surface area contributed by atoms with Gasteiger partial charge in [-0.15, -0.1) is 0 Å². The van der Waals surface area contributed by atoms with Crippen molar-refractivity contribution < 1.29 is 0 Å². The standard InChI is InChI=1S/C22H22N2/c1-16-6-8-18(9-7-16)22(19-10-12-20(23)13-11-19)21-5-3-2-4-17(21)14-15-24-22/h2-13,24H,14-15,23H2,1H3. The van der Waals surface area contributed by atoms with Gasteiger partial charge in [-0.05, 0) is 47.7 Å². The molecule has 1 aliphatic heterocycles. The lowest BCUT2D eigenvalue weighted by Gasteiger charge is -2.41. The van der Waals surface area contributed by atoms with Crippen LogP contribution in [0.25, 0.3) is 0 Å². The van der Waals surface area contributed by atoms with Crippen molar-refractivity contribution in [2.45, 2.75) is 18.9 Å². The second-order valence-corrected chi connectivity index (χ2v) is 6.57. The Kier molecular flexibility index (Phi) is 3.62. The molecule has 3 N–H and O–H groups in total. The maximum absolute atomic E-state index is 5.93. The van der Waals surface area contributed by atoms with Crippen LogP contribution in [0.3, 0.4) is 0 Å². The summed E-state index contributed by atoms with van der Waals surface area (Å²) < 4.78 is 0. The molecule has 0 spiro atoms. The minimum absolute atomic E-state index is 0.323. The molecule has 3 aromatic rings. The van der Waals surface area contributed by atoms with E-state index in [0.717, 1.165) is 18.7 Å². The highest BCUT2D eigenvalue weighted by atomic mass is 15.0. The summed E-state index contributed by atoms with van der Waals surface area (Å²) in [5.41, 5.74) is 12.9. The van der Waals surface area contributed by atoms with Gasteiger partial charge in [0.1, 0.15) is 0 Å². The molecular formula is C22H22N2. The third-order valence-corrected chi connectivity index (χ3v) is 5.03. The first kappa shape index (κ1) is 15.0. The Morgan fingerprint density at radius 3 is 2.17 bits per heavy atom. The summed E-state index contributed by atoms with van der Waals surface area (Å²) in [6.07, 6.45) is 1.05. The molecule has 2 heteroatoms. The zero-order chi connectivity index (χ0) is 16.6. The van der Waals surface area contributed by atoms with Gasteiger partial charge in [0.25, 0.3) is 0 Å². The van der Waals surface area contributed by atoms with Crippen molar-refractivity contribution in [3.8, 4) is 0 Å². The topological polar surface area (TPSA) is 38.0 Å². The Bertz CT molecular complexity index is 802. The van der Waals surface area contributed by atoms with Crippen LogP contribution >= 0.6 is 0 Å². The number of nitrogens with two attached hydrogens (primary N) is 1. The number of fused-ring (bicyclic) bond motifs is 1. The summed E-state index contributed by atoms with van der Waals surface area (Å²) in [7, 11) is 0. The monoisotopic (exact) mass is 314 g/mol. The van der Waals surface area contributed by atoms with Crippen LogP contribution in [0.5, 0.6) is 0 Å². The number of nitrogens with one attached hydrogen (secondary N) is 1. The number of benzene rings is 3. The molecule has 120 valence electrons. The lowest BCUT2D eigenvalue weighted by Crippen LogP contribution is -2.49. The van der Waals surface area contributed by atoms with E-state index in [0.29, 0.717) is 0 Å². The predicted molar refractivity (Wildman–Crippen MR) is 100 cm³/mol. The largest absolute Gasteiger partial charge is 0.399 e. The summed E-state index contributed by atoms with van der Waals surface area (Å²) >= 11 is 0. The van der Waals surface area contributed by atoms with Crippen LogP contribution in [0.15, 0.2) is 72.8 Å². The van der Waals surface area contributed by atoms with Crippen molar-refractivity contribution in [1.29, 1.82) is 0 Å². The van der Waals surface area contributed by atoms with Crippen molar-refractivity contribution in [2.24, 2.45) is 0 Å². The molecule has 0 radical (unpaired) electrons. The summed E-state index contributed by atoms with van der Waals surface area (Å²) in [6.45, 7) is 3.08. The summed E-state index contributed by atoms with van der Waals surface area (Å²) in [5, 5.41) is 3.82. The highest BCUT2D eigenvalue weighted by molar-refractivity contribution is 5.55. The minimum Gasteiger partial charge on any atom is -0.399 e. The molecule has 0 saturated carbocycles. The van der Waals surface area contributed by atoms with Gasteiger partial charge in [0.05, 0.1) is 5.54 Å². The van der Waals surface area contributed by atoms with Gasteiger partial charge >= 0.3 is 0 Å². The number of anilines is 1. The van der Waals surface area contributed by atoms with E-state index < -0.39 is 0 Å². The van der Waals surface area contributed by atoms with Crippen LogP contribution in [-0.2, 0) is 12.0 Å². The molecule has 2 nitrogen and oxygen atoms in total. The molecule has 1 heterocycles. The quantitative estimate of drug-likeness (QED) is 0.701. The highest BCUT2D eigenvalue weighted by Gasteiger charge is 2.39. The molecule has 1 aliphatic rings. The van der Waals surface area contributed by atoms with E-state index in [1.807, 2.05) is 12.1 Å². The van der Waals surface area contributed by atoms with Crippen molar-refractivity contribution in [1.82, 2.24) is 5.32 Å². The van der Waals surface area contributed by atoms with E-state index in [2.05, 4.69) is 72.9 Å². The van der Waals surface area contributed by atoms with Gasteiger partial charge in [-0.3, -0.25) is 5.32 Å². The SMILES string of the molecule is Cc1ccc(C2(c3ccc(N)cc3)NCCc3ccccc32)cc1. The van der Waals surface area contributed by atoms with Crippen LogP contribution in [0, 0.1) is 6.92 Å². The Hall–Kier alpha value is -2.58. The molecule has 3 aromatic carbocycles. The fourth-order valence-electron chi connectivity index (χ4n) is 3.80. The first-order valence-electron chi connectivity index (χ1n) is 8.47. The molecule has 0 bridgehead atoms. The van der Waals surface area contributed by atoms with Crippen molar-refractivity contribution in [3.05, 3.63) is 101 Å². The molecule has 0 aromatic heterocycles.